The summed E-state index contributed by atoms with van der Waals surface area (Å²) in [6.07, 6.45) is 3.11. The number of fused-ring (bicyclic) bond motifs is 2. The Labute approximate surface area is 193 Å². The molecule has 2 aliphatic heterocycles. The second-order valence-electron chi connectivity index (χ2n) is 8.12. The number of piperidine rings is 1. The maximum atomic E-state index is 15.1. The van der Waals surface area contributed by atoms with E-state index in [9.17, 15) is 9.59 Å². The van der Waals surface area contributed by atoms with E-state index in [4.69, 9.17) is 22.1 Å². The summed E-state index contributed by atoms with van der Waals surface area (Å²) in [4.78, 5) is 31.5. The number of nitrogens with two attached hydrogens (primary N) is 1. The monoisotopic (exact) mass is 470 g/mol. The number of carbonyl (C=O) groups excluding carboxylic acids is 2. The number of anilines is 2. The average molecular weight is 471 g/mol. The zero-order chi connectivity index (χ0) is 23.3. The van der Waals surface area contributed by atoms with Gasteiger partial charge in [-0.25, -0.2) is 14.2 Å². The molecule has 2 amide bonds. The van der Waals surface area contributed by atoms with Crippen LogP contribution in [0.1, 0.15) is 34.3 Å². The minimum atomic E-state index is -1.36. The van der Waals surface area contributed by atoms with Crippen LogP contribution >= 0.6 is 11.6 Å². The van der Waals surface area contributed by atoms with Gasteiger partial charge >= 0.3 is 6.09 Å². The zero-order valence-corrected chi connectivity index (χ0v) is 18.4. The molecule has 0 radical (unpaired) electrons. The first kappa shape index (κ1) is 21.2. The molecule has 2 aliphatic rings. The van der Waals surface area contributed by atoms with Crippen LogP contribution in [0, 0.1) is 12.7 Å². The van der Waals surface area contributed by atoms with E-state index in [2.05, 4.69) is 15.4 Å². The Bertz CT molecular complexity index is 1300. The van der Waals surface area contributed by atoms with Crippen molar-refractivity contribution in [1.29, 1.82) is 0 Å². The van der Waals surface area contributed by atoms with Gasteiger partial charge in [-0.1, -0.05) is 17.7 Å². The van der Waals surface area contributed by atoms with Gasteiger partial charge in [-0.05, 0) is 43.5 Å². The summed E-state index contributed by atoms with van der Waals surface area (Å²) in [5.41, 5.74) is 6.35. The van der Waals surface area contributed by atoms with Crippen molar-refractivity contribution in [3.8, 4) is 5.82 Å². The van der Waals surface area contributed by atoms with E-state index in [0.29, 0.717) is 25.2 Å². The van der Waals surface area contributed by atoms with Crippen LogP contribution in [-0.4, -0.2) is 44.8 Å². The number of hydrogen-bond acceptors (Lipinski definition) is 6. The summed E-state index contributed by atoms with van der Waals surface area (Å²) in [5, 5.41) is 6.67. The molecular formula is C22H20ClFN6O3. The van der Waals surface area contributed by atoms with Crippen LogP contribution in [0.25, 0.3) is 5.82 Å². The van der Waals surface area contributed by atoms with Gasteiger partial charge in [0.05, 0.1) is 29.0 Å². The minimum absolute atomic E-state index is 0.0449. The fraction of sp³-hybridized carbons (Fsp3) is 0.273. The van der Waals surface area contributed by atoms with E-state index in [-0.39, 0.29) is 34.2 Å². The molecule has 1 spiro atoms. The van der Waals surface area contributed by atoms with Crippen LogP contribution in [0.5, 0.6) is 0 Å². The molecular weight excluding hydrogens is 451 g/mol. The molecule has 9 nitrogen and oxygen atoms in total. The Hall–Kier alpha value is -3.66. The van der Waals surface area contributed by atoms with Crippen LogP contribution in [0.15, 0.2) is 36.7 Å². The van der Waals surface area contributed by atoms with Gasteiger partial charge in [-0.15, -0.1) is 0 Å². The summed E-state index contributed by atoms with van der Waals surface area (Å²) in [6, 6.07) is 6.56. The molecule has 0 aliphatic carbocycles. The number of nitrogens with zero attached hydrogens (tertiary/aromatic N) is 4. The Balaban J connectivity index is 1.50. The van der Waals surface area contributed by atoms with Gasteiger partial charge in [-0.3, -0.25) is 10.1 Å². The van der Waals surface area contributed by atoms with Gasteiger partial charge in [0.15, 0.2) is 17.2 Å². The number of amides is 2. The maximum Gasteiger partial charge on any atom is 0.412 e. The van der Waals surface area contributed by atoms with E-state index < -0.39 is 23.4 Å². The molecule has 3 N–H and O–H groups in total. The quantitative estimate of drug-likeness (QED) is 0.590. The maximum absolute atomic E-state index is 15.1. The van der Waals surface area contributed by atoms with E-state index in [1.165, 1.54) is 27.9 Å². The Kier molecular flexibility index (Phi) is 4.97. The minimum Gasteiger partial charge on any atom is -0.436 e. The van der Waals surface area contributed by atoms with Crippen molar-refractivity contribution >= 4 is 35.1 Å². The van der Waals surface area contributed by atoms with Gasteiger partial charge in [0, 0.05) is 12.7 Å². The number of ether oxygens (including phenoxy) is 1. The second-order valence-corrected chi connectivity index (χ2v) is 8.53. The van der Waals surface area contributed by atoms with Crippen molar-refractivity contribution in [2.24, 2.45) is 0 Å². The lowest BCUT2D eigenvalue weighted by atomic mass is 9.83. The fourth-order valence-electron chi connectivity index (χ4n) is 4.51. The lowest BCUT2D eigenvalue weighted by molar-refractivity contribution is -0.0418. The van der Waals surface area contributed by atoms with Gasteiger partial charge in [0.2, 0.25) is 0 Å². The zero-order valence-electron chi connectivity index (χ0n) is 17.6. The number of likely N-dealkylation sites (tertiary alicyclic amines) is 1. The summed E-state index contributed by atoms with van der Waals surface area (Å²) in [5.74, 6) is -0.424. The number of aryl methyl sites for hydroxylation is 1. The van der Waals surface area contributed by atoms with Crippen molar-refractivity contribution in [2.45, 2.75) is 25.4 Å². The SMILES string of the molecule is Cc1cccnc1-n1ncc(C(=O)N2CCC[C@@]3(C2)OC(=O)Nc2ccc(Cl)c(F)c23)c1N. The van der Waals surface area contributed by atoms with E-state index >= 15 is 4.39 Å². The van der Waals surface area contributed by atoms with Crippen LogP contribution in [0.3, 0.4) is 0 Å². The Morgan fingerprint density at radius 1 is 1.36 bits per heavy atom. The molecule has 1 atom stereocenters. The van der Waals surface area contributed by atoms with E-state index in [1.807, 2.05) is 13.0 Å². The molecule has 4 heterocycles. The van der Waals surface area contributed by atoms with Crippen molar-refractivity contribution in [2.75, 3.05) is 24.1 Å². The first-order valence-corrected chi connectivity index (χ1v) is 10.7. The largest absolute Gasteiger partial charge is 0.436 e. The summed E-state index contributed by atoms with van der Waals surface area (Å²) >= 11 is 6.02. The summed E-state index contributed by atoms with van der Waals surface area (Å²) in [7, 11) is 0. The van der Waals surface area contributed by atoms with Crippen LogP contribution in [-0.2, 0) is 10.3 Å². The number of aromatic nitrogens is 3. The van der Waals surface area contributed by atoms with E-state index in [0.717, 1.165) is 5.56 Å². The molecule has 170 valence electrons. The van der Waals surface area contributed by atoms with Crippen LogP contribution in [0.2, 0.25) is 5.02 Å². The number of nitrogen functional groups attached to an aromatic ring is 1. The molecule has 0 bridgehead atoms. The van der Waals surface area contributed by atoms with Crippen molar-refractivity contribution in [3.63, 3.8) is 0 Å². The molecule has 1 fully saturated rings. The number of hydrogen-bond donors (Lipinski definition) is 2. The highest BCUT2D eigenvalue weighted by Gasteiger charge is 2.48. The molecule has 0 saturated carbocycles. The van der Waals surface area contributed by atoms with Gasteiger partial charge in [0.1, 0.15) is 11.4 Å². The smallest absolute Gasteiger partial charge is 0.412 e. The number of pyridine rings is 1. The predicted molar refractivity (Wildman–Crippen MR) is 119 cm³/mol. The first-order chi connectivity index (χ1) is 15.8. The lowest BCUT2D eigenvalue weighted by Gasteiger charge is -2.45. The molecule has 0 unspecified atom stereocenters. The highest BCUT2D eigenvalue weighted by atomic mass is 35.5. The Morgan fingerprint density at radius 2 is 2.18 bits per heavy atom. The molecule has 11 heteroatoms. The highest BCUT2D eigenvalue weighted by molar-refractivity contribution is 6.31. The number of benzene rings is 1. The summed E-state index contributed by atoms with van der Waals surface area (Å²) in [6.45, 7) is 2.20. The average Bonchev–Trinajstić information content (AvgIpc) is 3.17. The summed E-state index contributed by atoms with van der Waals surface area (Å²) < 4.78 is 22.1. The number of nitrogens with one attached hydrogen (secondary N) is 1. The predicted octanol–water partition coefficient (Wildman–Crippen LogP) is 3.64. The standard InChI is InChI=1S/C22H20ClFN6O3/c1-12-4-2-8-26-19(12)30-18(25)13(10-27-30)20(31)29-9-3-7-22(11-29)16-15(28-21(32)33-22)6-5-14(23)17(16)24/h2,4-6,8,10H,3,7,9,11,25H2,1H3,(H,28,32)/t22-/m0/s1. The molecule has 5 rings (SSSR count). The van der Waals surface area contributed by atoms with Crippen LogP contribution < -0.4 is 11.1 Å². The van der Waals surface area contributed by atoms with Crippen molar-refractivity contribution in [1.82, 2.24) is 19.7 Å². The number of halogens is 2. The first-order valence-electron chi connectivity index (χ1n) is 10.3. The van der Waals surface area contributed by atoms with Crippen molar-refractivity contribution < 1.29 is 18.7 Å². The number of rotatable bonds is 2. The highest BCUT2D eigenvalue weighted by Crippen LogP contribution is 2.45. The van der Waals surface area contributed by atoms with Gasteiger partial charge in [-0.2, -0.15) is 9.78 Å². The topological polar surface area (TPSA) is 115 Å². The van der Waals surface area contributed by atoms with Gasteiger partial charge in [0.25, 0.3) is 5.91 Å². The normalized spacial score (nSPS) is 19.7. The lowest BCUT2D eigenvalue weighted by Crippen LogP contribution is -2.53. The molecule has 1 aromatic carbocycles. The third-order valence-corrected chi connectivity index (χ3v) is 6.33. The molecule has 3 aromatic rings. The number of carbonyl (C=O) groups is 2. The van der Waals surface area contributed by atoms with E-state index in [1.54, 1.807) is 12.3 Å². The third kappa shape index (κ3) is 3.37. The molecule has 33 heavy (non-hydrogen) atoms. The Morgan fingerprint density at radius 3 is 2.97 bits per heavy atom. The second kappa shape index (κ2) is 7.73. The van der Waals surface area contributed by atoms with Crippen LogP contribution in [0.4, 0.5) is 20.7 Å². The third-order valence-electron chi connectivity index (χ3n) is 6.04. The fourth-order valence-corrected chi connectivity index (χ4v) is 4.67. The van der Waals surface area contributed by atoms with Gasteiger partial charge < -0.3 is 15.4 Å². The molecule has 2 aromatic heterocycles. The molecule has 1 saturated heterocycles. The van der Waals surface area contributed by atoms with Crippen molar-refractivity contribution in [3.05, 3.63) is 64.2 Å².